The number of nitrogens with one attached hydrogen (secondary N) is 1. The quantitative estimate of drug-likeness (QED) is 0.392. The molecular weight excluding hydrogens is 101 g/mol. The van der Waals surface area contributed by atoms with E-state index in [0.717, 1.165) is 6.42 Å². The Morgan fingerprint density at radius 1 is 1.71 bits per heavy atom. The maximum absolute atomic E-state index is 9.71. The number of hydrogen-bond donors (Lipinski definition) is 0. The third-order valence-corrected chi connectivity index (χ3v) is 0.477. The SMILES string of the molecule is CCCC([NH-])=O.[Na+]. The van der Waals surface area contributed by atoms with Crippen molar-refractivity contribution in [3.8, 4) is 0 Å². The van der Waals surface area contributed by atoms with Crippen LogP contribution in [0.15, 0.2) is 0 Å². The zero-order valence-corrected chi connectivity index (χ0v) is 6.82. The molecule has 0 aliphatic carbocycles. The van der Waals surface area contributed by atoms with Crippen molar-refractivity contribution in [1.82, 2.24) is 0 Å². The van der Waals surface area contributed by atoms with Gasteiger partial charge in [0.1, 0.15) is 0 Å². The largest absolute Gasteiger partial charge is 1.00 e. The molecular formula is C4H8NNaO. The molecule has 0 saturated heterocycles. The zero-order chi connectivity index (χ0) is 4.99. The molecule has 0 spiro atoms. The van der Waals surface area contributed by atoms with Crippen LogP contribution < -0.4 is 29.6 Å². The van der Waals surface area contributed by atoms with Crippen LogP contribution >= 0.6 is 0 Å². The molecule has 0 aliphatic rings. The van der Waals surface area contributed by atoms with Gasteiger partial charge in [0.15, 0.2) is 0 Å². The Balaban J connectivity index is 0. The Kier molecular flexibility index (Phi) is 9.66. The van der Waals surface area contributed by atoms with Crippen LogP contribution in [-0.2, 0) is 4.79 Å². The molecule has 0 atom stereocenters. The molecule has 0 saturated carbocycles. The summed E-state index contributed by atoms with van der Waals surface area (Å²) < 4.78 is 0. The number of hydrogen-bond acceptors (Lipinski definition) is 1. The van der Waals surface area contributed by atoms with Crippen molar-refractivity contribution in [2.75, 3.05) is 0 Å². The standard InChI is InChI=1S/C4H9NO.Na/c1-2-3-4(5)6;/h2-3H2,1H3,(H2,5,6);/q;+1/p-1. The average molecular weight is 109 g/mol. The van der Waals surface area contributed by atoms with E-state index in [2.05, 4.69) is 0 Å². The molecule has 7 heavy (non-hydrogen) atoms. The summed E-state index contributed by atoms with van der Waals surface area (Å²) in [4.78, 5) is 9.71. The summed E-state index contributed by atoms with van der Waals surface area (Å²) in [5.41, 5.74) is 6.34. The molecule has 0 heterocycles. The molecule has 0 aromatic carbocycles. The normalized spacial score (nSPS) is 7.00. The monoisotopic (exact) mass is 109 g/mol. The predicted molar refractivity (Wildman–Crippen MR) is 24.2 cm³/mol. The Morgan fingerprint density at radius 3 is 2.14 bits per heavy atom. The van der Waals surface area contributed by atoms with Gasteiger partial charge >= 0.3 is 29.6 Å². The summed E-state index contributed by atoms with van der Waals surface area (Å²) in [5, 5.41) is 0. The molecule has 0 fully saturated rings. The molecule has 0 unspecified atom stereocenters. The van der Waals surface area contributed by atoms with Gasteiger partial charge in [0.2, 0.25) is 0 Å². The fraction of sp³-hybridized carbons (Fsp3) is 0.750. The Bertz CT molecular complexity index is 55.7. The van der Waals surface area contributed by atoms with E-state index in [0.29, 0.717) is 6.42 Å². The maximum Gasteiger partial charge on any atom is 1.00 e. The van der Waals surface area contributed by atoms with Gasteiger partial charge in [-0.1, -0.05) is 13.3 Å². The minimum Gasteiger partial charge on any atom is -0.668 e. The van der Waals surface area contributed by atoms with Gasteiger partial charge in [0.25, 0.3) is 0 Å². The summed E-state index contributed by atoms with van der Waals surface area (Å²) in [7, 11) is 0. The second-order valence-corrected chi connectivity index (χ2v) is 1.17. The van der Waals surface area contributed by atoms with Crippen molar-refractivity contribution in [2.45, 2.75) is 19.8 Å². The molecule has 1 amide bonds. The first kappa shape index (κ1) is 10.5. The first-order valence-corrected chi connectivity index (χ1v) is 2.01. The smallest absolute Gasteiger partial charge is 0.668 e. The van der Waals surface area contributed by atoms with Gasteiger partial charge in [0.05, 0.1) is 0 Å². The molecule has 0 aromatic heterocycles. The number of carbonyl (C=O) groups excluding carboxylic acids is 1. The Hall–Kier alpha value is 0.470. The Morgan fingerprint density at radius 2 is 2.14 bits per heavy atom. The number of carbonyl (C=O) groups is 1. The zero-order valence-electron chi connectivity index (χ0n) is 4.82. The van der Waals surface area contributed by atoms with E-state index >= 15 is 0 Å². The van der Waals surface area contributed by atoms with E-state index in [4.69, 9.17) is 5.73 Å². The van der Waals surface area contributed by atoms with Gasteiger partial charge in [-0.2, -0.15) is 0 Å². The summed E-state index contributed by atoms with van der Waals surface area (Å²) in [6, 6.07) is 0. The first-order chi connectivity index (χ1) is 2.77. The van der Waals surface area contributed by atoms with Crippen molar-refractivity contribution in [2.24, 2.45) is 0 Å². The molecule has 1 N–H and O–H groups in total. The summed E-state index contributed by atoms with van der Waals surface area (Å²) in [6.07, 6.45) is 1.20. The third kappa shape index (κ3) is 10.7. The van der Waals surface area contributed by atoms with Gasteiger partial charge in [-0.25, -0.2) is 0 Å². The minimum atomic E-state index is -0.461. The summed E-state index contributed by atoms with van der Waals surface area (Å²) in [6.45, 7) is 1.88. The van der Waals surface area contributed by atoms with E-state index in [9.17, 15) is 4.79 Å². The molecule has 0 bridgehead atoms. The van der Waals surface area contributed by atoms with Crippen molar-refractivity contribution in [1.29, 1.82) is 0 Å². The molecule has 2 nitrogen and oxygen atoms in total. The third-order valence-electron chi connectivity index (χ3n) is 0.477. The number of rotatable bonds is 2. The van der Waals surface area contributed by atoms with Gasteiger partial charge < -0.3 is 10.5 Å². The van der Waals surface area contributed by atoms with Crippen LogP contribution in [-0.4, -0.2) is 5.91 Å². The Labute approximate surface area is 65.7 Å². The van der Waals surface area contributed by atoms with Gasteiger partial charge in [-0.15, -0.1) is 0 Å². The van der Waals surface area contributed by atoms with Crippen LogP contribution in [0, 0.1) is 0 Å². The second kappa shape index (κ2) is 6.47. The fourth-order valence-electron chi connectivity index (χ4n) is 0.227. The summed E-state index contributed by atoms with van der Waals surface area (Å²) >= 11 is 0. The van der Waals surface area contributed by atoms with Crippen molar-refractivity contribution in [3.05, 3.63) is 5.73 Å². The van der Waals surface area contributed by atoms with Crippen molar-refractivity contribution >= 4 is 5.91 Å². The number of amides is 1. The van der Waals surface area contributed by atoms with Crippen LogP contribution in [0.3, 0.4) is 0 Å². The maximum atomic E-state index is 9.71. The van der Waals surface area contributed by atoms with Crippen LogP contribution in [0.5, 0.6) is 0 Å². The van der Waals surface area contributed by atoms with Crippen LogP contribution in [0.4, 0.5) is 0 Å². The van der Waals surface area contributed by atoms with E-state index in [1.807, 2.05) is 6.92 Å². The van der Waals surface area contributed by atoms with Gasteiger partial charge in [-0.3, -0.25) is 0 Å². The molecule has 3 heteroatoms. The first-order valence-electron chi connectivity index (χ1n) is 2.01. The molecule has 36 valence electrons. The van der Waals surface area contributed by atoms with E-state index in [1.54, 1.807) is 0 Å². The molecule has 0 rings (SSSR count). The van der Waals surface area contributed by atoms with E-state index in [1.165, 1.54) is 0 Å². The summed E-state index contributed by atoms with van der Waals surface area (Å²) in [5.74, 6) is -0.461. The average Bonchev–Trinajstić information content (AvgIpc) is 1.35. The van der Waals surface area contributed by atoms with Crippen molar-refractivity contribution < 1.29 is 34.4 Å². The molecule has 0 aromatic rings. The van der Waals surface area contributed by atoms with E-state index < -0.39 is 5.91 Å². The topological polar surface area (TPSA) is 40.9 Å². The van der Waals surface area contributed by atoms with Crippen LogP contribution in [0.2, 0.25) is 0 Å². The predicted octanol–water partition coefficient (Wildman–Crippen LogP) is -1.63. The minimum absolute atomic E-state index is 0. The molecule has 0 aliphatic heterocycles. The fourth-order valence-corrected chi connectivity index (χ4v) is 0.227. The van der Waals surface area contributed by atoms with Gasteiger partial charge in [-0.05, 0) is 6.42 Å². The second-order valence-electron chi connectivity index (χ2n) is 1.17. The van der Waals surface area contributed by atoms with Crippen LogP contribution in [0.1, 0.15) is 19.8 Å². The van der Waals surface area contributed by atoms with Crippen molar-refractivity contribution in [3.63, 3.8) is 0 Å². The van der Waals surface area contributed by atoms with Gasteiger partial charge in [0, 0.05) is 5.91 Å². The van der Waals surface area contributed by atoms with E-state index in [-0.39, 0.29) is 29.6 Å². The van der Waals surface area contributed by atoms with Crippen LogP contribution in [0.25, 0.3) is 5.73 Å². The molecule has 0 radical (unpaired) electrons.